The van der Waals surface area contributed by atoms with Crippen LogP contribution in [0, 0.1) is 5.92 Å². The van der Waals surface area contributed by atoms with Crippen molar-refractivity contribution < 1.29 is 4.79 Å². The van der Waals surface area contributed by atoms with E-state index in [4.69, 9.17) is 0 Å². The number of aromatic nitrogens is 5. The number of anilines is 1. The van der Waals surface area contributed by atoms with E-state index < -0.39 is 0 Å². The number of aromatic amines is 1. The molecule has 27 heavy (non-hydrogen) atoms. The van der Waals surface area contributed by atoms with Gasteiger partial charge in [0.15, 0.2) is 0 Å². The maximum atomic E-state index is 12.7. The molecule has 3 aromatic rings. The van der Waals surface area contributed by atoms with Gasteiger partial charge >= 0.3 is 0 Å². The number of benzene rings is 1. The first-order valence-electron chi connectivity index (χ1n) is 9.51. The molecular weight excluding hydrogens is 340 g/mol. The molecule has 0 bridgehead atoms. The van der Waals surface area contributed by atoms with Crippen molar-refractivity contribution in [2.45, 2.75) is 44.6 Å². The molecule has 0 radical (unpaired) electrons. The van der Waals surface area contributed by atoms with Crippen LogP contribution in [0.15, 0.2) is 48.9 Å². The average Bonchev–Trinajstić information content (AvgIpc) is 3.40. The molecule has 0 saturated heterocycles. The lowest BCUT2D eigenvalue weighted by molar-refractivity contribution is -0.120. The van der Waals surface area contributed by atoms with Gasteiger partial charge in [-0.25, -0.2) is 9.67 Å². The number of nitrogens with one attached hydrogen (secondary N) is 2. The standard InChI is InChI=1S/C20H24N6O/c27-20(17-8-6-16(7-9-17)19-21-14-22-25-19)24-18-10-12-23-26(18)13-11-15-4-2-1-3-5-15/h1-5,10,12,14,16-17H,6-9,11,13H2,(H,24,27)(H,21,22,25). The second kappa shape index (κ2) is 8.16. The SMILES string of the molecule is O=C(Nc1ccnn1CCc1ccccc1)C1CCC(c2ncn[nH]2)CC1. The number of amides is 1. The lowest BCUT2D eigenvalue weighted by Crippen LogP contribution is -2.28. The molecule has 7 nitrogen and oxygen atoms in total. The lowest BCUT2D eigenvalue weighted by atomic mass is 9.81. The van der Waals surface area contributed by atoms with Crippen LogP contribution in [0.1, 0.15) is 43.0 Å². The van der Waals surface area contributed by atoms with E-state index in [-0.39, 0.29) is 11.8 Å². The van der Waals surface area contributed by atoms with Gasteiger partial charge < -0.3 is 5.32 Å². The number of hydrogen-bond acceptors (Lipinski definition) is 4. The topological polar surface area (TPSA) is 88.5 Å². The minimum absolute atomic E-state index is 0.0432. The maximum absolute atomic E-state index is 12.7. The Hall–Kier alpha value is -2.96. The van der Waals surface area contributed by atoms with Crippen LogP contribution < -0.4 is 5.32 Å². The van der Waals surface area contributed by atoms with Crippen LogP contribution in [0.4, 0.5) is 5.82 Å². The smallest absolute Gasteiger partial charge is 0.228 e. The number of carbonyl (C=O) groups excluding carboxylic acids is 1. The number of carbonyl (C=O) groups is 1. The molecule has 2 N–H and O–H groups in total. The van der Waals surface area contributed by atoms with Gasteiger partial charge in [-0.05, 0) is 37.7 Å². The number of rotatable bonds is 6. The fourth-order valence-corrected chi connectivity index (χ4v) is 3.77. The van der Waals surface area contributed by atoms with Crippen LogP contribution in [-0.4, -0.2) is 30.9 Å². The molecular formula is C20H24N6O. The summed E-state index contributed by atoms with van der Waals surface area (Å²) in [5, 5.41) is 14.3. The van der Waals surface area contributed by atoms with E-state index in [1.165, 1.54) is 5.56 Å². The summed E-state index contributed by atoms with van der Waals surface area (Å²) in [6, 6.07) is 12.2. The van der Waals surface area contributed by atoms with Crippen molar-refractivity contribution in [3.8, 4) is 0 Å². The van der Waals surface area contributed by atoms with Crippen LogP contribution in [0.3, 0.4) is 0 Å². The molecule has 4 rings (SSSR count). The van der Waals surface area contributed by atoms with Crippen molar-refractivity contribution >= 4 is 11.7 Å². The van der Waals surface area contributed by atoms with Crippen molar-refractivity contribution in [2.75, 3.05) is 5.32 Å². The normalized spacial score (nSPS) is 19.7. The van der Waals surface area contributed by atoms with Crippen molar-refractivity contribution in [1.82, 2.24) is 25.0 Å². The van der Waals surface area contributed by atoms with Crippen LogP contribution in [0.5, 0.6) is 0 Å². The first-order valence-corrected chi connectivity index (χ1v) is 9.51. The Morgan fingerprint density at radius 2 is 1.96 bits per heavy atom. The van der Waals surface area contributed by atoms with Crippen molar-refractivity contribution in [2.24, 2.45) is 5.92 Å². The Labute approximate surface area is 158 Å². The quantitative estimate of drug-likeness (QED) is 0.703. The molecule has 0 atom stereocenters. The molecule has 1 fully saturated rings. The third-order valence-electron chi connectivity index (χ3n) is 5.34. The first kappa shape index (κ1) is 17.5. The minimum atomic E-state index is 0.0432. The van der Waals surface area contributed by atoms with E-state index in [0.29, 0.717) is 5.92 Å². The highest BCUT2D eigenvalue weighted by atomic mass is 16.2. The molecule has 2 heterocycles. The summed E-state index contributed by atoms with van der Waals surface area (Å²) >= 11 is 0. The zero-order valence-corrected chi connectivity index (χ0v) is 15.2. The fraction of sp³-hybridized carbons (Fsp3) is 0.400. The Bertz CT molecular complexity index is 850. The monoisotopic (exact) mass is 364 g/mol. The van der Waals surface area contributed by atoms with Gasteiger partial charge in [0, 0.05) is 24.4 Å². The van der Waals surface area contributed by atoms with E-state index in [9.17, 15) is 4.79 Å². The zero-order chi connectivity index (χ0) is 18.5. The first-order chi connectivity index (χ1) is 13.3. The molecule has 0 unspecified atom stereocenters. The number of hydrogen-bond donors (Lipinski definition) is 2. The van der Waals surface area contributed by atoms with Crippen molar-refractivity contribution in [1.29, 1.82) is 0 Å². The summed E-state index contributed by atoms with van der Waals surface area (Å²) in [7, 11) is 0. The summed E-state index contributed by atoms with van der Waals surface area (Å²) in [5.41, 5.74) is 1.26. The molecule has 140 valence electrons. The summed E-state index contributed by atoms with van der Waals surface area (Å²) < 4.78 is 1.87. The number of nitrogens with zero attached hydrogens (tertiary/aromatic N) is 4. The highest BCUT2D eigenvalue weighted by molar-refractivity contribution is 5.91. The third-order valence-corrected chi connectivity index (χ3v) is 5.34. The van der Waals surface area contributed by atoms with Crippen LogP contribution in [-0.2, 0) is 17.8 Å². The summed E-state index contributed by atoms with van der Waals surface area (Å²) in [6.45, 7) is 0.741. The van der Waals surface area contributed by atoms with Gasteiger partial charge in [-0.15, -0.1) is 0 Å². The largest absolute Gasteiger partial charge is 0.311 e. The Kier molecular flexibility index (Phi) is 5.27. The lowest BCUT2D eigenvalue weighted by Gasteiger charge is -2.26. The van der Waals surface area contributed by atoms with Crippen molar-refractivity contribution in [3.05, 3.63) is 60.3 Å². The van der Waals surface area contributed by atoms with Gasteiger partial charge in [0.1, 0.15) is 18.0 Å². The van der Waals surface area contributed by atoms with Gasteiger partial charge in [-0.2, -0.15) is 10.2 Å². The number of aryl methyl sites for hydroxylation is 2. The van der Waals surface area contributed by atoms with Gasteiger partial charge in [-0.1, -0.05) is 30.3 Å². The van der Waals surface area contributed by atoms with E-state index in [1.807, 2.05) is 28.9 Å². The number of H-pyrrole nitrogens is 1. The summed E-state index contributed by atoms with van der Waals surface area (Å²) in [5.74, 6) is 2.23. The molecule has 0 aliphatic heterocycles. The molecule has 0 spiro atoms. The average molecular weight is 364 g/mol. The molecule has 1 saturated carbocycles. The van der Waals surface area contributed by atoms with Crippen LogP contribution in [0.2, 0.25) is 0 Å². The highest BCUT2D eigenvalue weighted by Gasteiger charge is 2.28. The Morgan fingerprint density at radius 3 is 2.70 bits per heavy atom. The molecule has 1 aliphatic carbocycles. The third kappa shape index (κ3) is 4.24. The predicted octanol–water partition coefficient (Wildman–Crippen LogP) is 3.16. The molecule has 2 aromatic heterocycles. The molecule has 7 heteroatoms. The van der Waals surface area contributed by atoms with Gasteiger partial charge in [-0.3, -0.25) is 9.89 Å². The predicted molar refractivity (Wildman–Crippen MR) is 102 cm³/mol. The summed E-state index contributed by atoms with van der Waals surface area (Å²) in [6.07, 6.45) is 7.83. The van der Waals surface area contributed by atoms with Crippen molar-refractivity contribution in [3.63, 3.8) is 0 Å². The van der Waals surface area contributed by atoms with E-state index >= 15 is 0 Å². The van der Waals surface area contributed by atoms with E-state index in [1.54, 1.807) is 12.5 Å². The maximum Gasteiger partial charge on any atom is 0.228 e. The van der Waals surface area contributed by atoms with Crippen LogP contribution in [0.25, 0.3) is 0 Å². The molecule has 1 aliphatic rings. The zero-order valence-electron chi connectivity index (χ0n) is 15.2. The van der Waals surface area contributed by atoms with Gasteiger partial charge in [0.05, 0.1) is 6.20 Å². The highest BCUT2D eigenvalue weighted by Crippen LogP contribution is 2.34. The van der Waals surface area contributed by atoms with E-state index in [2.05, 4.69) is 37.7 Å². The van der Waals surface area contributed by atoms with Crippen LogP contribution >= 0.6 is 0 Å². The Balaban J connectivity index is 1.31. The minimum Gasteiger partial charge on any atom is -0.311 e. The Morgan fingerprint density at radius 1 is 1.15 bits per heavy atom. The fourth-order valence-electron chi connectivity index (χ4n) is 3.77. The molecule has 1 aromatic carbocycles. The summed E-state index contributed by atoms with van der Waals surface area (Å²) in [4.78, 5) is 16.9. The molecule has 1 amide bonds. The second-order valence-corrected chi connectivity index (χ2v) is 7.08. The van der Waals surface area contributed by atoms with Gasteiger partial charge in [0.25, 0.3) is 0 Å². The van der Waals surface area contributed by atoms with E-state index in [0.717, 1.165) is 50.3 Å². The second-order valence-electron chi connectivity index (χ2n) is 7.08. The van der Waals surface area contributed by atoms with Gasteiger partial charge in [0.2, 0.25) is 5.91 Å².